The van der Waals surface area contributed by atoms with E-state index in [2.05, 4.69) is 13.2 Å². The summed E-state index contributed by atoms with van der Waals surface area (Å²) in [4.78, 5) is 27.5. The van der Waals surface area contributed by atoms with Crippen molar-refractivity contribution in [2.45, 2.75) is 26.3 Å². The predicted molar refractivity (Wildman–Crippen MR) is 71.9 cm³/mol. The van der Waals surface area contributed by atoms with Gasteiger partial charge in [0.2, 0.25) is 11.8 Å². The fourth-order valence-corrected chi connectivity index (χ4v) is 2.22. The van der Waals surface area contributed by atoms with Gasteiger partial charge >= 0.3 is 0 Å². The van der Waals surface area contributed by atoms with Gasteiger partial charge in [-0.1, -0.05) is 12.2 Å². The second kappa shape index (κ2) is 6.38. The van der Waals surface area contributed by atoms with Crippen molar-refractivity contribution in [2.75, 3.05) is 19.6 Å². The molecule has 0 bridgehead atoms. The minimum Gasteiger partial charge on any atom is -0.339 e. The van der Waals surface area contributed by atoms with Crippen LogP contribution in [0.1, 0.15) is 20.3 Å². The third-order valence-electron chi connectivity index (χ3n) is 3.14. The highest BCUT2D eigenvalue weighted by Crippen LogP contribution is 2.22. The second-order valence-electron chi connectivity index (χ2n) is 4.86. The molecule has 4 nitrogen and oxygen atoms in total. The number of carbonyl (C=O) groups excluding carboxylic acids is 2. The lowest BCUT2D eigenvalue weighted by Crippen LogP contribution is -2.38. The lowest BCUT2D eigenvalue weighted by atomic mass is 10.1. The molecule has 1 unspecified atom stereocenters. The third-order valence-corrected chi connectivity index (χ3v) is 3.14. The Labute approximate surface area is 109 Å². The molecule has 0 saturated carbocycles. The quantitative estimate of drug-likeness (QED) is 0.669. The smallest absolute Gasteiger partial charge is 0.228 e. The zero-order chi connectivity index (χ0) is 13.7. The van der Waals surface area contributed by atoms with E-state index in [0.717, 1.165) is 0 Å². The van der Waals surface area contributed by atoms with Crippen LogP contribution in [-0.4, -0.2) is 47.3 Å². The summed E-state index contributed by atoms with van der Waals surface area (Å²) in [6.45, 7) is 12.7. The van der Waals surface area contributed by atoms with E-state index >= 15 is 0 Å². The molecule has 1 rings (SSSR count). The van der Waals surface area contributed by atoms with E-state index in [0.29, 0.717) is 26.1 Å². The number of carbonyl (C=O) groups is 2. The molecule has 18 heavy (non-hydrogen) atoms. The molecular formula is C14H22N2O2. The van der Waals surface area contributed by atoms with E-state index in [9.17, 15) is 9.59 Å². The Morgan fingerprint density at radius 1 is 1.44 bits per heavy atom. The van der Waals surface area contributed by atoms with Gasteiger partial charge < -0.3 is 9.80 Å². The molecule has 4 heteroatoms. The fraction of sp³-hybridized carbons (Fsp3) is 0.571. The van der Waals surface area contributed by atoms with Crippen molar-refractivity contribution >= 4 is 11.8 Å². The summed E-state index contributed by atoms with van der Waals surface area (Å²) in [5, 5.41) is 0. The van der Waals surface area contributed by atoms with Crippen LogP contribution in [0, 0.1) is 5.92 Å². The van der Waals surface area contributed by atoms with Crippen LogP contribution >= 0.6 is 0 Å². The Balaban J connectivity index is 2.69. The van der Waals surface area contributed by atoms with Crippen molar-refractivity contribution in [2.24, 2.45) is 5.92 Å². The summed E-state index contributed by atoms with van der Waals surface area (Å²) >= 11 is 0. The molecule has 1 fully saturated rings. The molecule has 1 atom stereocenters. The number of hydrogen-bond donors (Lipinski definition) is 0. The molecular weight excluding hydrogens is 228 g/mol. The second-order valence-corrected chi connectivity index (χ2v) is 4.86. The molecule has 1 saturated heterocycles. The van der Waals surface area contributed by atoms with Gasteiger partial charge in [-0.15, -0.1) is 13.2 Å². The molecule has 2 amide bonds. The lowest BCUT2D eigenvalue weighted by molar-refractivity contribution is -0.134. The number of nitrogens with zero attached hydrogens (tertiary/aromatic N) is 2. The van der Waals surface area contributed by atoms with E-state index in [4.69, 9.17) is 0 Å². The fourth-order valence-electron chi connectivity index (χ4n) is 2.22. The van der Waals surface area contributed by atoms with Gasteiger partial charge in [-0.3, -0.25) is 9.59 Å². The van der Waals surface area contributed by atoms with Crippen molar-refractivity contribution in [3.63, 3.8) is 0 Å². The highest BCUT2D eigenvalue weighted by Gasteiger charge is 2.36. The van der Waals surface area contributed by atoms with E-state index < -0.39 is 0 Å². The highest BCUT2D eigenvalue weighted by molar-refractivity contribution is 5.89. The van der Waals surface area contributed by atoms with Gasteiger partial charge in [0.15, 0.2) is 0 Å². The first kappa shape index (κ1) is 14.5. The predicted octanol–water partition coefficient (Wildman–Crippen LogP) is 1.44. The molecule has 0 N–H and O–H groups in total. The number of rotatable bonds is 6. The standard InChI is InChI=1S/C14H22N2O2/c1-5-7-15(8-6-2)14(18)12-9-13(17)16(10-12)11(3)4/h5-6,11-12H,1-2,7-10H2,3-4H3. The molecule has 1 heterocycles. The van der Waals surface area contributed by atoms with E-state index in [1.165, 1.54) is 0 Å². The first-order valence-corrected chi connectivity index (χ1v) is 6.31. The van der Waals surface area contributed by atoms with E-state index in [1.807, 2.05) is 13.8 Å². The molecule has 0 spiro atoms. The van der Waals surface area contributed by atoms with Crippen LogP contribution < -0.4 is 0 Å². The Hall–Kier alpha value is -1.58. The maximum absolute atomic E-state index is 12.3. The Bertz CT molecular complexity index is 340. The summed E-state index contributed by atoms with van der Waals surface area (Å²) in [7, 11) is 0. The van der Waals surface area contributed by atoms with Crippen molar-refractivity contribution in [1.82, 2.24) is 9.80 Å². The average molecular weight is 250 g/mol. The molecule has 100 valence electrons. The normalized spacial score (nSPS) is 19.2. The van der Waals surface area contributed by atoms with Gasteiger partial charge in [0.1, 0.15) is 0 Å². The summed E-state index contributed by atoms with van der Waals surface area (Å²) in [5.74, 6) is -0.133. The van der Waals surface area contributed by atoms with Crippen molar-refractivity contribution in [1.29, 1.82) is 0 Å². The summed E-state index contributed by atoms with van der Waals surface area (Å²) in [6, 6.07) is 0.155. The first-order valence-electron chi connectivity index (χ1n) is 6.31. The average Bonchev–Trinajstić information content (AvgIpc) is 2.70. The number of amides is 2. The maximum Gasteiger partial charge on any atom is 0.228 e. The SMILES string of the molecule is C=CCN(CC=C)C(=O)C1CC(=O)N(C(C)C)C1. The molecule has 0 aromatic heterocycles. The van der Waals surface area contributed by atoms with Crippen LogP contribution in [0.15, 0.2) is 25.3 Å². The molecule has 0 aromatic rings. The van der Waals surface area contributed by atoms with E-state index in [-0.39, 0.29) is 23.8 Å². The molecule has 1 aliphatic rings. The molecule has 0 aliphatic carbocycles. The highest BCUT2D eigenvalue weighted by atomic mass is 16.2. The van der Waals surface area contributed by atoms with Gasteiger partial charge in [0.05, 0.1) is 5.92 Å². The van der Waals surface area contributed by atoms with Gasteiger partial charge in [0, 0.05) is 32.1 Å². The van der Waals surface area contributed by atoms with Gasteiger partial charge in [-0.05, 0) is 13.8 Å². The van der Waals surface area contributed by atoms with Crippen molar-refractivity contribution in [3.05, 3.63) is 25.3 Å². The van der Waals surface area contributed by atoms with Crippen LogP contribution in [0.25, 0.3) is 0 Å². The molecule has 0 radical (unpaired) electrons. The molecule has 1 aliphatic heterocycles. The van der Waals surface area contributed by atoms with Gasteiger partial charge in [-0.2, -0.15) is 0 Å². The van der Waals surface area contributed by atoms with Gasteiger partial charge in [-0.25, -0.2) is 0 Å². The zero-order valence-electron chi connectivity index (χ0n) is 11.3. The van der Waals surface area contributed by atoms with Crippen LogP contribution in [0.5, 0.6) is 0 Å². The van der Waals surface area contributed by atoms with Crippen molar-refractivity contribution in [3.8, 4) is 0 Å². The maximum atomic E-state index is 12.3. The Morgan fingerprint density at radius 2 is 2.00 bits per heavy atom. The third kappa shape index (κ3) is 3.22. The van der Waals surface area contributed by atoms with E-state index in [1.54, 1.807) is 22.0 Å². The largest absolute Gasteiger partial charge is 0.339 e. The first-order chi connectivity index (χ1) is 8.51. The van der Waals surface area contributed by atoms with Crippen LogP contribution in [0.4, 0.5) is 0 Å². The van der Waals surface area contributed by atoms with Gasteiger partial charge in [0.25, 0.3) is 0 Å². The number of likely N-dealkylation sites (tertiary alicyclic amines) is 1. The zero-order valence-corrected chi connectivity index (χ0v) is 11.3. The van der Waals surface area contributed by atoms with Crippen molar-refractivity contribution < 1.29 is 9.59 Å². The minimum atomic E-state index is -0.222. The molecule has 0 aromatic carbocycles. The van der Waals surface area contributed by atoms with Crippen LogP contribution in [0.2, 0.25) is 0 Å². The topological polar surface area (TPSA) is 40.6 Å². The van der Waals surface area contributed by atoms with Crippen LogP contribution in [0.3, 0.4) is 0 Å². The summed E-state index contributed by atoms with van der Waals surface area (Å²) in [5.41, 5.74) is 0. The summed E-state index contributed by atoms with van der Waals surface area (Å²) in [6.07, 6.45) is 3.71. The summed E-state index contributed by atoms with van der Waals surface area (Å²) < 4.78 is 0. The monoisotopic (exact) mass is 250 g/mol. The Morgan fingerprint density at radius 3 is 2.39 bits per heavy atom. The lowest BCUT2D eigenvalue weighted by Gasteiger charge is -2.24. The number of hydrogen-bond acceptors (Lipinski definition) is 2. The van der Waals surface area contributed by atoms with Crippen LogP contribution in [-0.2, 0) is 9.59 Å². The minimum absolute atomic E-state index is 0.0197. The Kier molecular flexibility index (Phi) is 5.13.